The third-order valence-electron chi connectivity index (χ3n) is 4.79. The fraction of sp³-hybridized carbons (Fsp3) is 0.318. The molecule has 3 aromatic rings. The fourth-order valence-electron chi connectivity index (χ4n) is 3.35. The summed E-state index contributed by atoms with van der Waals surface area (Å²) in [6.45, 7) is 0.943. The van der Waals surface area contributed by atoms with Crippen molar-refractivity contribution in [3.05, 3.63) is 83.4 Å². The Balaban J connectivity index is 0.00000240. The summed E-state index contributed by atoms with van der Waals surface area (Å²) >= 11 is 5.99. The molecule has 5 nitrogen and oxygen atoms in total. The second-order valence-corrected chi connectivity index (χ2v) is 7.36. The second kappa shape index (κ2) is 10.1. The van der Waals surface area contributed by atoms with Crippen molar-refractivity contribution in [1.29, 1.82) is 0 Å². The van der Waals surface area contributed by atoms with E-state index in [4.69, 9.17) is 25.8 Å². The van der Waals surface area contributed by atoms with Crippen molar-refractivity contribution in [3.63, 3.8) is 0 Å². The third kappa shape index (κ3) is 5.97. The minimum absolute atomic E-state index is 0. The van der Waals surface area contributed by atoms with Gasteiger partial charge in [0.1, 0.15) is 24.3 Å². The van der Waals surface area contributed by atoms with E-state index >= 15 is 0 Å². The number of aromatic amines is 1. The molecule has 1 fully saturated rings. The molecule has 29 heavy (non-hydrogen) atoms. The highest BCUT2D eigenvalue weighted by Gasteiger charge is 2.42. The van der Waals surface area contributed by atoms with Crippen molar-refractivity contribution < 1.29 is 14.2 Å². The first-order valence-corrected chi connectivity index (χ1v) is 9.81. The van der Waals surface area contributed by atoms with Gasteiger partial charge in [-0.1, -0.05) is 41.9 Å². The highest BCUT2D eigenvalue weighted by Crippen LogP contribution is 2.32. The van der Waals surface area contributed by atoms with Gasteiger partial charge in [-0.2, -0.15) is 0 Å². The number of rotatable bonds is 8. The van der Waals surface area contributed by atoms with Crippen LogP contribution in [0.25, 0.3) is 0 Å². The van der Waals surface area contributed by atoms with Crippen LogP contribution in [0.1, 0.15) is 17.8 Å². The van der Waals surface area contributed by atoms with Gasteiger partial charge in [0, 0.05) is 23.8 Å². The normalized spacial score (nSPS) is 20.9. The molecule has 2 heterocycles. The standard InChI is InChI=1S/C22H23ClN2O3.ClH/c23-18-8-6-17(7-9-18)10-11-22(14-21-24-12-13-25-21)27-16-20(28-22)15-26-19-4-2-1-3-5-19;/h1-9,12-13,20H,10-11,14-16H2,(H,24,25);1H. The minimum atomic E-state index is -0.720. The number of ether oxygens (including phenoxy) is 3. The van der Waals surface area contributed by atoms with Gasteiger partial charge in [0.2, 0.25) is 0 Å². The number of aryl methyl sites for hydroxylation is 1. The number of hydrogen-bond acceptors (Lipinski definition) is 4. The molecule has 0 aliphatic carbocycles. The Morgan fingerprint density at radius 2 is 1.93 bits per heavy atom. The number of imidazole rings is 1. The number of hydrogen-bond donors (Lipinski definition) is 1. The summed E-state index contributed by atoms with van der Waals surface area (Å²) < 4.78 is 18.4. The Morgan fingerprint density at radius 3 is 2.66 bits per heavy atom. The lowest BCUT2D eigenvalue weighted by Crippen LogP contribution is -2.35. The molecular weight excluding hydrogens is 411 g/mol. The van der Waals surface area contributed by atoms with Crippen molar-refractivity contribution in [2.45, 2.75) is 31.2 Å². The van der Waals surface area contributed by atoms with Crippen LogP contribution in [0.15, 0.2) is 67.0 Å². The van der Waals surface area contributed by atoms with Gasteiger partial charge >= 0.3 is 0 Å². The molecule has 0 amide bonds. The zero-order valence-corrected chi connectivity index (χ0v) is 17.5. The maximum absolute atomic E-state index is 6.36. The molecule has 0 saturated carbocycles. The van der Waals surface area contributed by atoms with Crippen molar-refractivity contribution >= 4 is 24.0 Å². The van der Waals surface area contributed by atoms with Gasteiger partial charge in [0.15, 0.2) is 5.79 Å². The zero-order valence-electron chi connectivity index (χ0n) is 15.9. The largest absolute Gasteiger partial charge is 0.491 e. The number of aromatic nitrogens is 2. The number of H-pyrrole nitrogens is 1. The van der Waals surface area contributed by atoms with Crippen molar-refractivity contribution in [2.24, 2.45) is 0 Å². The number of nitrogens with zero attached hydrogens (tertiary/aromatic N) is 1. The van der Waals surface area contributed by atoms with Crippen LogP contribution in [0.3, 0.4) is 0 Å². The van der Waals surface area contributed by atoms with E-state index in [2.05, 4.69) is 9.97 Å². The SMILES string of the molecule is Cl.Clc1ccc(CCC2(Cc3ncc[nH]3)OCC(COc3ccccc3)O2)cc1. The molecule has 1 N–H and O–H groups in total. The van der Waals surface area contributed by atoms with Gasteiger partial charge in [0.05, 0.1) is 13.0 Å². The Hall–Kier alpha value is -2.05. The van der Waals surface area contributed by atoms with Gasteiger partial charge < -0.3 is 19.2 Å². The molecule has 1 saturated heterocycles. The summed E-state index contributed by atoms with van der Waals surface area (Å²) in [5.74, 6) is 0.957. The molecule has 0 radical (unpaired) electrons. The molecule has 1 aliphatic heterocycles. The maximum Gasteiger partial charge on any atom is 0.176 e. The van der Waals surface area contributed by atoms with Gasteiger partial charge in [0.25, 0.3) is 0 Å². The van der Waals surface area contributed by atoms with Gasteiger partial charge in [-0.25, -0.2) is 4.98 Å². The number of benzene rings is 2. The van der Waals surface area contributed by atoms with Crippen LogP contribution in [-0.4, -0.2) is 35.1 Å². The molecule has 0 spiro atoms. The van der Waals surface area contributed by atoms with E-state index in [9.17, 15) is 0 Å². The van der Waals surface area contributed by atoms with E-state index in [1.165, 1.54) is 5.56 Å². The molecular formula is C22H24Cl2N2O3. The van der Waals surface area contributed by atoms with Crippen LogP contribution in [0, 0.1) is 0 Å². The predicted octanol–water partition coefficient (Wildman–Crippen LogP) is 4.85. The van der Waals surface area contributed by atoms with Crippen molar-refractivity contribution in [2.75, 3.05) is 13.2 Å². The topological polar surface area (TPSA) is 56.4 Å². The van der Waals surface area contributed by atoms with E-state index in [0.717, 1.165) is 29.4 Å². The van der Waals surface area contributed by atoms with E-state index in [1.807, 2.05) is 60.8 Å². The molecule has 2 unspecified atom stereocenters. The smallest absolute Gasteiger partial charge is 0.176 e. The van der Waals surface area contributed by atoms with Crippen molar-refractivity contribution in [3.8, 4) is 5.75 Å². The predicted molar refractivity (Wildman–Crippen MR) is 115 cm³/mol. The van der Waals surface area contributed by atoms with Crippen molar-refractivity contribution in [1.82, 2.24) is 9.97 Å². The molecule has 154 valence electrons. The highest BCUT2D eigenvalue weighted by molar-refractivity contribution is 6.30. The van der Waals surface area contributed by atoms with E-state index < -0.39 is 5.79 Å². The monoisotopic (exact) mass is 434 g/mol. The first-order chi connectivity index (χ1) is 13.7. The number of nitrogens with one attached hydrogen (secondary N) is 1. The van der Waals surface area contributed by atoms with E-state index in [-0.39, 0.29) is 18.5 Å². The summed E-state index contributed by atoms with van der Waals surface area (Å²) in [4.78, 5) is 7.49. The summed E-state index contributed by atoms with van der Waals surface area (Å²) in [6.07, 6.45) is 5.54. The summed E-state index contributed by atoms with van der Waals surface area (Å²) in [5.41, 5.74) is 1.19. The van der Waals surface area contributed by atoms with Crippen LogP contribution >= 0.6 is 24.0 Å². The molecule has 2 aromatic carbocycles. The lowest BCUT2D eigenvalue weighted by molar-refractivity contribution is -0.174. The van der Waals surface area contributed by atoms with E-state index in [1.54, 1.807) is 6.20 Å². The summed E-state index contributed by atoms with van der Waals surface area (Å²) in [6, 6.07) is 17.6. The Kier molecular flexibility index (Phi) is 7.56. The Labute approximate surface area is 181 Å². The summed E-state index contributed by atoms with van der Waals surface area (Å²) in [5, 5.41) is 0.737. The molecule has 0 bridgehead atoms. The Morgan fingerprint density at radius 1 is 1.14 bits per heavy atom. The fourth-order valence-corrected chi connectivity index (χ4v) is 3.48. The molecule has 1 aromatic heterocycles. The van der Waals surface area contributed by atoms with E-state index in [0.29, 0.717) is 19.6 Å². The number of para-hydroxylation sites is 1. The first-order valence-electron chi connectivity index (χ1n) is 9.43. The second-order valence-electron chi connectivity index (χ2n) is 6.92. The van der Waals surface area contributed by atoms with Crippen LogP contribution in [0.2, 0.25) is 5.02 Å². The van der Waals surface area contributed by atoms with Crippen LogP contribution in [0.4, 0.5) is 0 Å². The average Bonchev–Trinajstić information content (AvgIpc) is 3.38. The number of halogens is 2. The zero-order chi connectivity index (χ0) is 19.2. The molecule has 1 aliphatic rings. The van der Waals surface area contributed by atoms with Crippen LogP contribution in [-0.2, 0) is 22.3 Å². The van der Waals surface area contributed by atoms with Gasteiger partial charge in [-0.3, -0.25) is 0 Å². The third-order valence-corrected chi connectivity index (χ3v) is 5.04. The van der Waals surface area contributed by atoms with Crippen LogP contribution < -0.4 is 4.74 Å². The van der Waals surface area contributed by atoms with Crippen LogP contribution in [0.5, 0.6) is 5.75 Å². The maximum atomic E-state index is 6.36. The highest BCUT2D eigenvalue weighted by atomic mass is 35.5. The molecule has 4 rings (SSSR count). The lowest BCUT2D eigenvalue weighted by Gasteiger charge is -2.27. The summed E-state index contributed by atoms with van der Waals surface area (Å²) in [7, 11) is 0. The minimum Gasteiger partial charge on any atom is -0.491 e. The molecule has 2 atom stereocenters. The first kappa shape index (κ1) is 21.7. The van der Waals surface area contributed by atoms with Gasteiger partial charge in [-0.15, -0.1) is 12.4 Å². The Bertz CT molecular complexity index is 860. The average molecular weight is 435 g/mol. The quantitative estimate of drug-likeness (QED) is 0.550. The lowest BCUT2D eigenvalue weighted by atomic mass is 10.0. The molecule has 7 heteroatoms. The van der Waals surface area contributed by atoms with Gasteiger partial charge in [-0.05, 0) is 36.2 Å².